The maximum absolute atomic E-state index is 5.06. The summed E-state index contributed by atoms with van der Waals surface area (Å²) in [6.45, 7) is 21.6. The molecule has 0 spiro atoms. The maximum atomic E-state index is 5.06. The van der Waals surface area contributed by atoms with Gasteiger partial charge in [-0.15, -0.1) is 11.2 Å². The van der Waals surface area contributed by atoms with Crippen molar-refractivity contribution in [1.29, 1.82) is 0 Å². The zero-order chi connectivity index (χ0) is 12.5. The molecule has 0 aromatic carbocycles. The van der Waals surface area contributed by atoms with Crippen molar-refractivity contribution < 1.29 is 18.9 Å². The fourth-order valence-corrected chi connectivity index (χ4v) is 8.62. The second-order valence-corrected chi connectivity index (χ2v) is 18.5. The van der Waals surface area contributed by atoms with Gasteiger partial charge in [0.1, 0.15) is 0 Å². The van der Waals surface area contributed by atoms with Crippen LogP contribution in [0.1, 0.15) is 20.8 Å². The molecule has 0 aliphatic heterocycles. The molecule has 1 nitrogen and oxygen atoms in total. The maximum Gasteiger partial charge on any atom is 1.00 e. The van der Waals surface area contributed by atoms with E-state index in [-0.39, 0.29) is 24.0 Å². The van der Waals surface area contributed by atoms with Gasteiger partial charge < -0.3 is 5.32 Å². The van der Waals surface area contributed by atoms with Crippen LogP contribution in [0.3, 0.4) is 0 Å². The SMILES string of the molecule is CC(C)[N-]C(C)(C[Si](C)(C)C)[Si](C)(C)C.[Li+]. The van der Waals surface area contributed by atoms with Crippen LogP contribution in [0.2, 0.25) is 45.3 Å². The Bertz CT molecular complexity index is 206. The van der Waals surface area contributed by atoms with E-state index < -0.39 is 16.1 Å². The Labute approximate surface area is 117 Å². The van der Waals surface area contributed by atoms with E-state index in [1.165, 1.54) is 6.04 Å². The normalized spacial score (nSPS) is 16.9. The third-order valence-electron chi connectivity index (χ3n) is 3.03. The monoisotopic (exact) mass is 251 g/mol. The van der Waals surface area contributed by atoms with Crippen molar-refractivity contribution in [2.24, 2.45) is 0 Å². The second kappa shape index (κ2) is 6.24. The first-order valence-electron chi connectivity index (χ1n) is 6.09. The summed E-state index contributed by atoms with van der Waals surface area (Å²) in [7, 11) is -2.24. The second-order valence-electron chi connectivity index (χ2n) is 7.48. The first-order valence-corrected chi connectivity index (χ1v) is 13.3. The van der Waals surface area contributed by atoms with Crippen LogP contribution in [0.15, 0.2) is 0 Å². The van der Waals surface area contributed by atoms with Crippen molar-refractivity contribution in [2.45, 2.75) is 77.3 Å². The third kappa shape index (κ3) is 6.66. The number of nitrogens with zero attached hydrogens (tertiary/aromatic N) is 1. The average molecular weight is 251 g/mol. The van der Waals surface area contributed by atoms with Crippen LogP contribution >= 0.6 is 0 Å². The van der Waals surface area contributed by atoms with Crippen LogP contribution in [-0.4, -0.2) is 27.4 Å². The van der Waals surface area contributed by atoms with Gasteiger partial charge in [-0.05, 0) is 0 Å². The predicted octanol–water partition coefficient (Wildman–Crippen LogP) is 1.75. The Kier molecular flexibility index (Phi) is 7.54. The van der Waals surface area contributed by atoms with Gasteiger partial charge in [-0.25, -0.2) is 0 Å². The molecule has 0 saturated carbocycles. The summed E-state index contributed by atoms with van der Waals surface area (Å²) in [6, 6.07) is 1.81. The third-order valence-corrected chi connectivity index (χ3v) is 8.67. The van der Waals surface area contributed by atoms with E-state index in [2.05, 4.69) is 60.1 Å². The van der Waals surface area contributed by atoms with Crippen molar-refractivity contribution in [3.63, 3.8) is 0 Å². The predicted molar refractivity (Wildman–Crippen MR) is 78.4 cm³/mol. The molecular weight excluding hydrogens is 221 g/mol. The molecule has 0 amide bonds. The Hall–Kier alpha value is 0.991. The molecule has 0 radical (unpaired) electrons. The molecule has 16 heavy (non-hydrogen) atoms. The van der Waals surface area contributed by atoms with Crippen molar-refractivity contribution in [3.8, 4) is 0 Å². The minimum Gasteiger partial charge on any atom is -0.657 e. The van der Waals surface area contributed by atoms with Gasteiger partial charge in [0.15, 0.2) is 0 Å². The molecule has 0 saturated heterocycles. The standard InChI is InChI=1S/C12H30NSi2.Li/c1-11(2)13-12(3,15(7,8)9)10-14(4,5)6;/h11H,10H2,1-9H3;/q-1;+1. The van der Waals surface area contributed by atoms with E-state index in [0.717, 1.165) is 0 Å². The van der Waals surface area contributed by atoms with E-state index in [1.54, 1.807) is 0 Å². The van der Waals surface area contributed by atoms with Crippen LogP contribution in [0.25, 0.3) is 5.32 Å². The van der Waals surface area contributed by atoms with Crippen LogP contribution in [0, 0.1) is 0 Å². The van der Waals surface area contributed by atoms with Crippen LogP contribution < -0.4 is 18.9 Å². The summed E-state index contributed by atoms with van der Waals surface area (Å²) in [5.74, 6) is 0. The van der Waals surface area contributed by atoms with Gasteiger partial charge in [0.2, 0.25) is 0 Å². The summed E-state index contributed by atoms with van der Waals surface area (Å²) in [4.78, 5) is 0. The van der Waals surface area contributed by atoms with E-state index in [4.69, 9.17) is 5.32 Å². The van der Waals surface area contributed by atoms with Crippen molar-refractivity contribution in [3.05, 3.63) is 5.32 Å². The summed E-state index contributed by atoms with van der Waals surface area (Å²) in [6.07, 6.45) is 0. The van der Waals surface area contributed by atoms with Crippen molar-refractivity contribution in [1.82, 2.24) is 0 Å². The molecule has 0 fully saturated rings. The topological polar surface area (TPSA) is 14.1 Å². The molecule has 1 unspecified atom stereocenters. The fraction of sp³-hybridized carbons (Fsp3) is 1.00. The van der Waals surface area contributed by atoms with Crippen LogP contribution in [-0.2, 0) is 0 Å². The molecule has 1 atom stereocenters. The van der Waals surface area contributed by atoms with Gasteiger partial charge in [-0.1, -0.05) is 66.1 Å². The Morgan fingerprint density at radius 2 is 1.38 bits per heavy atom. The molecule has 0 bridgehead atoms. The molecule has 0 aliphatic carbocycles. The van der Waals surface area contributed by atoms with E-state index in [1.807, 2.05) is 0 Å². The molecule has 0 N–H and O–H groups in total. The zero-order valence-corrected chi connectivity index (χ0v) is 15.2. The van der Waals surface area contributed by atoms with Gasteiger partial charge >= 0.3 is 18.9 Å². The van der Waals surface area contributed by atoms with E-state index in [0.29, 0.717) is 6.04 Å². The fourth-order valence-electron chi connectivity index (χ4n) is 2.11. The molecule has 0 heterocycles. The molecule has 0 aliphatic rings. The van der Waals surface area contributed by atoms with E-state index in [9.17, 15) is 0 Å². The number of hydrogen-bond acceptors (Lipinski definition) is 0. The Morgan fingerprint density at radius 3 is 1.56 bits per heavy atom. The molecule has 0 aromatic rings. The van der Waals surface area contributed by atoms with Crippen LogP contribution in [0.5, 0.6) is 0 Å². The molecular formula is C12H30LiNSi2. The summed E-state index contributed by atoms with van der Waals surface area (Å²) < 4.78 is 0. The summed E-state index contributed by atoms with van der Waals surface area (Å²) >= 11 is 0. The Morgan fingerprint density at radius 1 is 1.00 bits per heavy atom. The summed E-state index contributed by atoms with van der Waals surface area (Å²) in [5, 5.41) is 5.33. The largest absolute Gasteiger partial charge is 1.00 e. The smallest absolute Gasteiger partial charge is 0.657 e. The zero-order valence-electron chi connectivity index (χ0n) is 13.2. The summed E-state index contributed by atoms with van der Waals surface area (Å²) in [5.41, 5.74) is 0. The van der Waals surface area contributed by atoms with Gasteiger partial charge in [-0.2, -0.15) is 0 Å². The first kappa shape index (κ1) is 19.3. The van der Waals surface area contributed by atoms with E-state index >= 15 is 0 Å². The minimum absolute atomic E-state index is 0. The van der Waals surface area contributed by atoms with Gasteiger partial charge in [-0.3, -0.25) is 0 Å². The minimum atomic E-state index is -1.22. The van der Waals surface area contributed by atoms with Gasteiger partial charge in [0.25, 0.3) is 0 Å². The van der Waals surface area contributed by atoms with Gasteiger partial charge in [0.05, 0.1) is 0 Å². The quantitative estimate of drug-likeness (QED) is 0.661. The molecule has 4 heteroatoms. The first-order chi connectivity index (χ1) is 6.37. The van der Waals surface area contributed by atoms with Gasteiger partial charge in [0, 0.05) is 16.1 Å². The molecule has 0 rings (SSSR count). The number of hydrogen-bond donors (Lipinski definition) is 0. The van der Waals surface area contributed by atoms with Crippen molar-refractivity contribution in [2.75, 3.05) is 0 Å². The molecule has 92 valence electrons. The van der Waals surface area contributed by atoms with Crippen LogP contribution in [0.4, 0.5) is 0 Å². The molecule has 0 aromatic heterocycles. The van der Waals surface area contributed by atoms with Crippen molar-refractivity contribution >= 4 is 16.1 Å². The number of rotatable bonds is 5. The Balaban J connectivity index is 0. The average Bonchev–Trinajstić information content (AvgIpc) is 1.75.